The molecule has 0 radical (unpaired) electrons. The van der Waals surface area contributed by atoms with Gasteiger partial charge >= 0.3 is 13.8 Å². The Labute approximate surface area is 412 Å². The van der Waals surface area contributed by atoms with Gasteiger partial charge in [-0.25, -0.2) is 4.57 Å². The molecule has 0 aliphatic carbocycles. The van der Waals surface area contributed by atoms with Crippen LogP contribution in [0.25, 0.3) is 0 Å². The second-order valence-electron chi connectivity index (χ2n) is 19.0. The Bertz CT molecular complexity index is 1430. The predicted molar refractivity (Wildman–Crippen MR) is 286 cm³/mol. The Hall–Kier alpha value is -2.81. The molecule has 0 heterocycles. The highest BCUT2D eigenvalue weighted by atomic mass is 31.2. The van der Waals surface area contributed by atoms with Gasteiger partial charge in [-0.05, 0) is 89.5 Å². The number of amides is 1. The molecule has 0 rings (SSSR count). The molecule has 0 bridgehead atoms. The fourth-order valence-electron chi connectivity index (χ4n) is 7.10. The van der Waals surface area contributed by atoms with E-state index in [9.17, 15) is 19.0 Å². The van der Waals surface area contributed by atoms with Gasteiger partial charge in [0.2, 0.25) is 5.91 Å². The first-order valence-electron chi connectivity index (χ1n) is 26.9. The maximum absolute atomic E-state index is 13.4. The highest BCUT2D eigenvalue weighted by Crippen LogP contribution is 2.43. The molecule has 9 nitrogen and oxygen atoms in total. The lowest BCUT2D eigenvalue weighted by Gasteiger charge is -2.27. The summed E-state index contributed by atoms with van der Waals surface area (Å²) in [5.74, 6) is -0.656. The Balaban J connectivity index is 5.55. The number of allylic oxidation sites excluding steroid dienone is 13. The second-order valence-corrected chi connectivity index (χ2v) is 20.5. The van der Waals surface area contributed by atoms with Gasteiger partial charge in [0.25, 0.3) is 0 Å². The van der Waals surface area contributed by atoms with E-state index in [1.807, 2.05) is 33.3 Å². The molecule has 0 spiro atoms. The molecule has 0 aromatic carbocycles. The molecule has 2 N–H and O–H groups in total. The van der Waals surface area contributed by atoms with Gasteiger partial charge < -0.3 is 19.4 Å². The topological polar surface area (TPSA) is 111 Å². The summed E-state index contributed by atoms with van der Waals surface area (Å²) < 4.78 is 30.4. The van der Waals surface area contributed by atoms with E-state index in [4.69, 9.17) is 13.8 Å². The van der Waals surface area contributed by atoms with Crippen LogP contribution in [0.5, 0.6) is 0 Å². The summed E-state index contributed by atoms with van der Waals surface area (Å²) in [7, 11) is 1.42. The number of nitrogens with one attached hydrogen (secondary N) is 1. The van der Waals surface area contributed by atoms with Gasteiger partial charge in [0.1, 0.15) is 19.3 Å². The first-order chi connectivity index (χ1) is 32.4. The second kappa shape index (κ2) is 46.9. The summed E-state index contributed by atoms with van der Waals surface area (Å²) in [4.78, 5) is 37.4. The lowest BCUT2D eigenvalue weighted by atomic mass is 10.1. The number of quaternary nitrogens is 1. The summed E-state index contributed by atoms with van der Waals surface area (Å²) in [6.45, 7) is 6.86. The van der Waals surface area contributed by atoms with E-state index in [2.05, 4.69) is 92.9 Å². The molecule has 10 heteroatoms. The zero-order valence-electron chi connectivity index (χ0n) is 43.9. The van der Waals surface area contributed by atoms with Gasteiger partial charge in [-0.3, -0.25) is 18.6 Å². The van der Waals surface area contributed by atoms with E-state index in [1.165, 1.54) is 109 Å². The third-order valence-corrected chi connectivity index (χ3v) is 12.3. The molecular weight excluding hydrogens is 856 g/mol. The average Bonchev–Trinajstić information content (AvgIpc) is 3.28. The number of hydrogen-bond acceptors (Lipinski definition) is 6. The molecule has 3 atom stereocenters. The minimum Gasteiger partial charge on any atom is -0.456 e. The van der Waals surface area contributed by atoms with Crippen molar-refractivity contribution in [3.05, 3.63) is 85.1 Å². The lowest BCUT2D eigenvalue weighted by molar-refractivity contribution is -0.870. The van der Waals surface area contributed by atoms with Crippen molar-refractivity contribution in [1.29, 1.82) is 0 Å². The van der Waals surface area contributed by atoms with Crippen molar-refractivity contribution in [2.24, 2.45) is 0 Å². The molecule has 3 unspecified atom stereocenters. The van der Waals surface area contributed by atoms with Crippen molar-refractivity contribution in [2.45, 2.75) is 226 Å². The van der Waals surface area contributed by atoms with Crippen LogP contribution in [0.15, 0.2) is 85.1 Å². The zero-order valence-corrected chi connectivity index (χ0v) is 44.8. The summed E-state index contributed by atoms with van der Waals surface area (Å²) >= 11 is 0. The number of esters is 1. The molecular formula is C57H102N2O7P+. The van der Waals surface area contributed by atoms with Crippen LogP contribution in [-0.4, -0.2) is 74.3 Å². The predicted octanol–water partition coefficient (Wildman–Crippen LogP) is 15.9. The molecule has 0 aliphatic rings. The molecule has 0 saturated carbocycles. The van der Waals surface area contributed by atoms with Crippen LogP contribution in [-0.2, 0) is 27.9 Å². The van der Waals surface area contributed by atoms with Crippen LogP contribution >= 0.6 is 7.82 Å². The molecule has 67 heavy (non-hydrogen) atoms. The number of nitrogens with zero attached hydrogens (tertiary/aromatic N) is 1. The number of carbonyl (C=O) groups is 2. The highest BCUT2D eigenvalue weighted by Gasteiger charge is 2.30. The minimum atomic E-state index is -4.47. The Kier molecular flexibility index (Phi) is 44.9. The number of hydrogen-bond donors (Lipinski definition) is 2. The zero-order chi connectivity index (χ0) is 49.4. The number of ether oxygens (including phenoxy) is 1. The fourth-order valence-corrected chi connectivity index (χ4v) is 7.84. The summed E-state index contributed by atoms with van der Waals surface area (Å²) in [5.41, 5.74) is 0. The van der Waals surface area contributed by atoms with Crippen molar-refractivity contribution in [1.82, 2.24) is 5.32 Å². The number of rotatable bonds is 47. The molecule has 0 aromatic rings. The lowest BCUT2D eigenvalue weighted by Crippen LogP contribution is -2.47. The summed E-state index contributed by atoms with van der Waals surface area (Å²) in [6, 6.07) is -0.901. The van der Waals surface area contributed by atoms with Crippen molar-refractivity contribution in [2.75, 3.05) is 40.9 Å². The average molecular weight is 958 g/mol. The third-order valence-electron chi connectivity index (χ3n) is 11.3. The van der Waals surface area contributed by atoms with E-state index in [0.29, 0.717) is 23.9 Å². The van der Waals surface area contributed by atoms with Crippen molar-refractivity contribution < 1.29 is 37.3 Å². The van der Waals surface area contributed by atoms with Crippen molar-refractivity contribution >= 4 is 19.7 Å². The Morgan fingerprint density at radius 3 is 1.42 bits per heavy atom. The van der Waals surface area contributed by atoms with Crippen LogP contribution in [0.3, 0.4) is 0 Å². The molecule has 0 fully saturated rings. The van der Waals surface area contributed by atoms with E-state index >= 15 is 0 Å². The first kappa shape index (κ1) is 64.2. The third kappa shape index (κ3) is 48.0. The Morgan fingerprint density at radius 1 is 0.522 bits per heavy atom. The number of unbranched alkanes of at least 4 members (excludes halogenated alkanes) is 19. The molecule has 1 amide bonds. The molecule has 386 valence electrons. The quantitative estimate of drug-likeness (QED) is 0.0205. The maximum Gasteiger partial charge on any atom is 0.472 e. The van der Waals surface area contributed by atoms with Crippen LogP contribution in [0.1, 0.15) is 213 Å². The van der Waals surface area contributed by atoms with Crippen LogP contribution in [0.2, 0.25) is 0 Å². The number of phosphoric acid groups is 1. The number of likely N-dealkylation sites (N-methyl/N-ethyl adjacent to an activating group) is 1. The van der Waals surface area contributed by atoms with E-state index < -0.39 is 25.9 Å². The van der Waals surface area contributed by atoms with Gasteiger partial charge in [-0.2, -0.15) is 0 Å². The standard InChI is InChI=1S/C57H101N2O7P/c1-7-10-13-16-19-22-25-27-28-29-30-32-34-37-40-43-46-49-56(60)58-54(53-65-67(62,63)64-52-51-59(4,5)6)55(48-45-42-39-36-33-24-21-18-15-12-9-3)66-57(61)50-47-44-41-38-35-31-26-23-20-17-14-11-8-2/h19,22,27-28,30-32,35,37,40-41,44-45,48,54-55H,7-18,20-21,23-26,29,33-34,36,38-39,42-43,46-47,49-53H2,1-6H3,(H-,58,60,62,63)/p+1/b22-19-,28-27-,32-30-,35-31-,40-37-,44-41+,48-45-. The molecule has 0 aliphatic heterocycles. The van der Waals surface area contributed by atoms with Crippen LogP contribution < -0.4 is 5.32 Å². The van der Waals surface area contributed by atoms with Gasteiger partial charge in [0.05, 0.1) is 33.8 Å². The van der Waals surface area contributed by atoms with Crippen LogP contribution in [0, 0.1) is 0 Å². The van der Waals surface area contributed by atoms with E-state index in [0.717, 1.165) is 57.8 Å². The normalized spacial score (nSPS) is 14.6. The highest BCUT2D eigenvalue weighted by molar-refractivity contribution is 7.47. The molecule has 0 saturated heterocycles. The van der Waals surface area contributed by atoms with Crippen molar-refractivity contribution in [3.8, 4) is 0 Å². The number of carbonyl (C=O) groups excluding carboxylic acids is 2. The van der Waals surface area contributed by atoms with E-state index in [-0.39, 0.29) is 32.0 Å². The van der Waals surface area contributed by atoms with Crippen LogP contribution in [0.4, 0.5) is 0 Å². The van der Waals surface area contributed by atoms with E-state index in [1.54, 1.807) is 6.08 Å². The largest absolute Gasteiger partial charge is 0.472 e. The maximum atomic E-state index is 13.4. The molecule has 0 aromatic heterocycles. The minimum absolute atomic E-state index is 0.0191. The number of phosphoric ester groups is 1. The summed E-state index contributed by atoms with van der Waals surface area (Å²) in [5, 5.41) is 2.99. The van der Waals surface area contributed by atoms with Gasteiger partial charge in [0, 0.05) is 12.8 Å². The SMILES string of the molecule is CCCCC/C=C\C/C=C\C/C=C\C/C=C\CCCC(=O)NC(COP(=O)(O)OCC[N+](C)(C)C)C(/C=C\CCCCCCCCCCC)OC(=O)CC/C=C/C/C=C\CCCCCCCC. The van der Waals surface area contributed by atoms with Gasteiger partial charge in [-0.1, -0.05) is 196 Å². The van der Waals surface area contributed by atoms with Gasteiger partial charge in [-0.15, -0.1) is 0 Å². The smallest absolute Gasteiger partial charge is 0.456 e. The Morgan fingerprint density at radius 2 is 0.925 bits per heavy atom. The first-order valence-corrected chi connectivity index (χ1v) is 28.4. The fraction of sp³-hybridized carbons (Fsp3) is 0.719. The monoisotopic (exact) mass is 958 g/mol. The van der Waals surface area contributed by atoms with Crippen molar-refractivity contribution in [3.63, 3.8) is 0 Å². The summed E-state index contributed by atoms with van der Waals surface area (Å²) in [6.07, 6.45) is 60.3. The van der Waals surface area contributed by atoms with Gasteiger partial charge in [0.15, 0.2) is 0 Å².